The standard InChI is InChI=1S/C14H30N2O7/c1-8(18)9(15-2)5-3-4-6-16-14(23)13(22)12(21)11(20)10(19)7-17/h9-17,19-23H,3-7H2,1-2H3. The molecule has 0 aromatic rings. The summed E-state index contributed by atoms with van der Waals surface area (Å²) >= 11 is 0. The fraction of sp³-hybridized carbons (Fsp3) is 0.929. The minimum absolute atomic E-state index is 0.0514. The Morgan fingerprint density at radius 2 is 1.61 bits per heavy atom. The molecule has 0 aromatic carbocycles. The van der Waals surface area contributed by atoms with E-state index in [9.17, 15) is 30.3 Å². The van der Waals surface area contributed by atoms with E-state index in [2.05, 4.69) is 10.6 Å². The summed E-state index contributed by atoms with van der Waals surface area (Å²) in [6.07, 6.45) is -6.44. The first-order valence-corrected chi connectivity index (χ1v) is 7.68. The first kappa shape index (κ1) is 22.4. The predicted octanol–water partition coefficient (Wildman–Crippen LogP) is -3.32. The number of hydrogen-bond acceptors (Lipinski definition) is 9. The zero-order valence-electron chi connectivity index (χ0n) is 13.6. The molecular weight excluding hydrogens is 308 g/mol. The summed E-state index contributed by atoms with van der Waals surface area (Å²) in [6, 6.07) is -0.206. The molecule has 6 unspecified atom stereocenters. The van der Waals surface area contributed by atoms with Crippen LogP contribution in [0.2, 0.25) is 0 Å². The number of likely N-dealkylation sites (N-methyl/N-ethyl adjacent to an activating group) is 1. The van der Waals surface area contributed by atoms with E-state index in [-0.39, 0.29) is 11.8 Å². The molecule has 0 aliphatic heterocycles. The Kier molecular flexibility index (Phi) is 11.5. The van der Waals surface area contributed by atoms with Gasteiger partial charge in [-0.15, -0.1) is 0 Å². The van der Waals surface area contributed by atoms with Crippen molar-refractivity contribution in [2.45, 2.75) is 62.9 Å². The highest BCUT2D eigenvalue weighted by atomic mass is 16.4. The second kappa shape index (κ2) is 11.8. The minimum Gasteiger partial charge on any atom is -0.394 e. The SMILES string of the molecule is CNC(CCCCNC(O)C(O)C(O)C(O)C(O)CO)C(C)=O. The van der Waals surface area contributed by atoms with Crippen LogP contribution < -0.4 is 10.6 Å². The van der Waals surface area contributed by atoms with Crippen LogP contribution in [-0.4, -0.2) is 93.3 Å². The van der Waals surface area contributed by atoms with Crippen molar-refractivity contribution in [3.63, 3.8) is 0 Å². The quantitative estimate of drug-likeness (QED) is 0.127. The van der Waals surface area contributed by atoms with E-state index in [1.807, 2.05) is 0 Å². The molecular formula is C14H30N2O7. The molecule has 0 saturated heterocycles. The second-order valence-electron chi connectivity index (χ2n) is 5.57. The normalized spacial score (nSPS) is 19.7. The molecule has 23 heavy (non-hydrogen) atoms. The average molecular weight is 338 g/mol. The fourth-order valence-electron chi connectivity index (χ4n) is 2.12. The van der Waals surface area contributed by atoms with Crippen molar-refractivity contribution < 1.29 is 35.4 Å². The van der Waals surface area contributed by atoms with Crippen LogP contribution in [-0.2, 0) is 4.79 Å². The third-order valence-corrected chi connectivity index (χ3v) is 3.72. The van der Waals surface area contributed by atoms with Gasteiger partial charge in [-0.3, -0.25) is 10.1 Å². The molecule has 0 aliphatic carbocycles. The van der Waals surface area contributed by atoms with Gasteiger partial charge >= 0.3 is 0 Å². The van der Waals surface area contributed by atoms with Crippen molar-refractivity contribution in [3.05, 3.63) is 0 Å². The van der Waals surface area contributed by atoms with E-state index in [0.29, 0.717) is 19.4 Å². The Bertz CT molecular complexity index is 332. The van der Waals surface area contributed by atoms with Gasteiger partial charge in [-0.25, -0.2) is 0 Å². The maximum Gasteiger partial charge on any atom is 0.146 e. The number of nitrogens with one attached hydrogen (secondary N) is 2. The fourth-order valence-corrected chi connectivity index (χ4v) is 2.12. The van der Waals surface area contributed by atoms with Gasteiger partial charge in [0.05, 0.1) is 12.6 Å². The number of ketones is 1. The van der Waals surface area contributed by atoms with Gasteiger partial charge in [0.1, 0.15) is 36.4 Å². The summed E-state index contributed by atoms with van der Waals surface area (Å²) in [4.78, 5) is 11.2. The third kappa shape index (κ3) is 8.13. The third-order valence-electron chi connectivity index (χ3n) is 3.72. The van der Waals surface area contributed by atoms with Gasteiger partial charge in [-0.2, -0.15) is 0 Å². The topological polar surface area (TPSA) is 163 Å². The molecule has 0 saturated carbocycles. The van der Waals surface area contributed by atoms with Crippen molar-refractivity contribution >= 4 is 5.78 Å². The van der Waals surface area contributed by atoms with Gasteiger partial charge < -0.3 is 36.0 Å². The van der Waals surface area contributed by atoms with Crippen molar-refractivity contribution in [1.82, 2.24) is 10.6 Å². The first-order valence-electron chi connectivity index (χ1n) is 7.68. The molecule has 9 nitrogen and oxygen atoms in total. The lowest BCUT2D eigenvalue weighted by Gasteiger charge is -2.28. The van der Waals surface area contributed by atoms with Gasteiger partial charge in [0.15, 0.2) is 0 Å². The molecule has 8 N–H and O–H groups in total. The molecule has 9 heteroatoms. The van der Waals surface area contributed by atoms with E-state index >= 15 is 0 Å². The highest BCUT2D eigenvalue weighted by molar-refractivity contribution is 5.81. The minimum atomic E-state index is -1.81. The summed E-state index contributed by atoms with van der Waals surface area (Å²) < 4.78 is 0. The molecule has 138 valence electrons. The number of Topliss-reactive ketones (excluding diaryl/α,β-unsaturated/α-hetero) is 1. The number of rotatable bonds is 13. The van der Waals surface area contributed by atoms with Crippen LogP contribution in [0.4, 0.5) is 0 Å². The zero-order chi connectivity index (χ0) is 18.0. The van der Waals surface area contributed by atoms with E-state index in [1.54, 1.807) is 7.05 Å². The summed E-state index contributed by atoms with van der Waals surface area (Å²) in [5.41, 5.74) is 0. The molecule has 0 fully saturated rings. The molecule has 0 spiro atoms. The number of unbranched alkanes of at least 4 members (excludes halogenated alkanes) is 1. The second-order valence-corrected chi connectivity index (χ2v) is 5.57. The van der Waals surface area contributed by atoms with E-state index in [4.69, 9.17) is 5.11 Å². The molecule has 0 amide bonds. The smallest absolute Gasteiger partial charge is 0.146 e. The van der Waals surface area contributed by atoms with Gasteiger partial charge in [-0.1, -0.05) is 6.42 Å². The van der Waals surface area contributed by atoms with Gasteiger partial charge in [0.2, 0.25) is 0 Å². The molecule has 0 aromatic heterocycles. The van der Waals surface area contributed by atoms with Crippen LogP contribution in [0.25, 0.3) is 0 Å². The molecule has 0 heterocycles. The molecule has 0 aliphatic rings. The lowest BCUT2D eigenvalue weighted by Crippen LogP contribution is -2.53. The molecule has 0 rings (SSSR count). The lowest BCUT2D eigenvalue weighted by molar-refractivity contribution is -0.145. The Labute approximate surface area is 136 Å². The summed E-state index contributed by atoms with van der Waals surface area (Å²) in [5.74, 6) is 0.0514. The van der Waals surface area contributed by atoms with Crippen molar-refractivity contribution in [2.24, 2.45) is 0 Å². The molecule has 0 radical (unpaired) electrons. The van der Waals surface area contributed by atoms with Crippen molar-refractivity contribution in [2.75, 3.05) is 20.2 Å². The summed E-state index contributed by atoms with van der Waals surface area (Å²) in [6.45, 7) is 1.06. The summed E-state index contributed by atoms with van der Waals surface area (Å²) in [7, 11) is 1.71. The maximum absolute atomic E-state index is 11.2. The van der Waals surface area contributed by atoms with Crippen LogP contribution in [0, 0.1) is 0 Å². The van der Waals surface area contributed by atoms with E-state index in [0.717, 1.165) is 6.42 Å². The largest absolute Gasteiger partial charge is 0.394 e. The highest BCUT2D eigenvalue weighted by Crippen LogP contribution is 2.08. The van der Waals surface area contributed by atoms with Crippen LogP contribution in [0.1, 0.15) is 26.2 Å². The summed E-state index contributed by atoms with van der Waals surface area (Å²) in [5, 5.41) is 61.8. The Morgan fingerprint density at radius 1 is 1.00 bits per heavy atom. The first-order chi connectivity index (χ1) is 10.8. The van der Waals surface area contributed by atoms with E-state index < -0.39 is 37.3 Å². The highest BCUT2D eigenvalue weighted by Gasteiger charge is 2.33. The van der Waals surface area contributed by atoms with Crippen LogP contribution in [0.3, 0.4) is 0 Å². The molecule has 6 atom stereocenters. The van der Waals surface area contributed by atoms with E-state index in [1.165, 1.54) is 6.92 Å². The average Bonchev–Trinajstić information content (AvgIpc) is 2.54. The monoisotopic (exact) mass is 338 g/mol. The van der Waals surface area contributed by atoms with Crippen molar-refractivity contribution in [1.29, 1.82) is 0 Å². The maximum atomic E-state index is 11.2. The van der Waals surface area contributed by atoms with Crippen LogP contribution in [0.15, 0.2) is 0 Å². The molecule has 0 bridgehead atoms. The number of aliphatic hydroxyl groups excluding tert-OH is 6. The van der Waals surface area contributed by atoms with Gasteiger partial charge in [0.25, 0.3) is 0 Å². The van der Waals surface area contributed by atoms with Crippen molar-refractivity contribution in [3.8, 4) is 0 Å². The Hall–Kier alpha value is -0.650. The lowest BCUT2D eigenvalue weighted by atomic mass is 10.0. The predicted molar refractivity (Wildman–Crippen MR) is 82.5 cm³/mol. The number of carbonyl (C=O) groups excluding carboxylic acids is 1. The zero-order valence-corrected chi connectivity index (χ0v) is 13.6. The Morgan fingerprint density at radius 3 is 2.09 bits per heavy atom. The number of aliphatic hydroxyl groups is 6. The Balaban J connectivity index is 4.05. The van der Waals surface area contributed by atoms with Crippen LogP contribution >= 0.6 is 0 Å². The van der Waals surface area contributed by atoms with Gasteiger partial charge in [0, 0.05) is 0 Å². The van der Waals surface area contributed by atoms with Gasteiger partial charge in [-0.05, 0) is 33.4 Å². The van der Waals surface area contributed by atoms with Crippen LogP contribution in [0.5, 0.6) is 0 Å². The number of carbonyl (C=O) groups is 1. The number of hydrogen-bond donors (Lipinski definition) is 8.